The second-order valence-electron chi connectivity index (χ2n) is 8.16. The van der Waals surface area contributed by atoms with Gasteiger partial charge in [0.2, 0.25) is 0 Å². The topological polar surface area (TPSA) is 70.7 Å². The van der Waals surface area contributed by atoms with Crippen molar-refractivity contribution in [3.63, 3.8) is 0 Å². The number of ether oxygens (including phenoxy) is 1. The van der Waals surface area contributed by atoms with Crippen LogP contribution in [0, 0.1) is 0 Å². The van der Waals surface area contributed by atoms with Gasteiger partial charge in [0.1, 0.15) is 5.54 Å². The molecule has 1 aromatic carbocycles. The molecule has 0 saturated carbocycles. The first kappa shape index (κ1) is 21.3. The Morgan fingerprint density at radius 2 is 2.10 bits per heavy atom. The molecule has 2 atom stereocenters. The second kappa shape index (κ2) is 8.67. The zero-order valence-electron chi connectivity index (χ0n) is 17.2. The molecule has 8 heteroatoms. The number of halogens is 1. The predicted molar refractivity (Wildman–Crippen MR) is 120 cm³/mol. The molecule has 1 aromatic heterocycles. The fourth-order valence-electron chi connectivity index (χ4n) is 3.99. The summed E-state index contributed by atoms with van der Waals surface area (Å²) in [7, 11) is 2.15. The Balaban J connectivity index is 1.51. The van der Waals surface area contributed by atoms with Gasteiger partial charge in [-0.2, -0.15) is 0 Å². The van der Waals surface area contributed by atoms with E-state index in [4.69, 9.17) is 16.3 Å². The summed E-state index contributed by atoms with van der Waals surface area (Å²) < 4.78 is 6.02. The van der Waals surface area contributed by atoms with E-state index in [0.717, 1.165) is 25.1 Å². The second-order valence-corrected chi connectivity index (χ2v) is 9.88. The zero-order valence-corrected chi connectivity index (χ0v) is 18.7. The molecule has 160 valence electrons. The fraction of sp³-hybridized carbons (Fsp3) is 0.455. The highest BCUT2D eigenvalue weighted by Gasteiger charge is 2.44. The van der Waals surface area contributed by atoms with E-state index < -0.39 is 5.54 Å². The SMILES string of the molecule is CC1Cc2cc(NC(=O)C3(NC(=O)c4ccc(Cl)s4)CCOC3)ccc2CCN1C. The van der Waals surface area contributed by atoms with Gasteiger partial charge in [-0.05, 0) is 62.2 Å². The fourth-order valence-corrected chi connectivity index (χ4v) is 4.93. The molecular formula is C22H26ClN3O3S. The summed E-state index contributed by atoms with van der Waals surface area (Å²) in [5, 5.41) is 5.91. The van der Waals surface area contributed by atoms with Crippen LogP contribution in [0.3, 0.4) is 0 Å². The van der Waals surface area contributed by atoms with Crippen molar-refractivity contribution in [3.8, 4) is 0 Å². The molecule has 2 aromatic rings. The van der Waals surface area contributed by atoms with Gasteiger partial charge in [0.25, 0.3) is 11.8 Å². The van der Waals surface area contributed by atoms with E-state index in [1.807, 2.05) is 6.07 Å². The van der Waals surface area contributed by atoms with Gasteiger partial charge in [-0.25, -0.2) is 0 Å². The lowest BCUT2D eigenvalue weighted by molar-refractivity contribution is -0.122. The molecule has 4 rings (SSSR count). The number of hydrogen-bond donors (Lipinski definition) is 2. The molecule has 6 nitrogen and oxygen atoms in total. The number of carbonyl (C=O) groups excluding carboxylic acids is 2. The van der Waals surface area contributed by atoms with Gasteiger partial charge in [0.15, 0.2) is 0 Å². The maximum atomic E-state index is 13.2. The van der Waals surface area contributed by atoms with E-state index in [1.54, 1.807) is 12.1 Å². The number of thiophene rings is 1. The van der Waals surface area contributed by atoms with Crippen LogP contribution in [0.25, 0.3) is 0 Å². The Morgan fingerprint density at radius 1 is 1.27 bits per heavy atom. The number of hydrogen-bond acceptors (Lipinski definition) is 5. The van der Waals surface area contributed by atoms with Crippen LogP contribution in [0.1, 0.15) is 34.1 Å². The van der Waals surface area contributed by atoms with E-state index in [1.165, 1.54) is 22.5 Å². The molecular weight excluding hydrogens is 422 g/mol. The third-order valence-corrected chi connectivity index (χ3v) is 7.30. The molecule has 2 aliphatic heterocycles. The van der Waals surface area contributed by atoms with Crippen molar-refractivity contribution in [2.75, 3.05) is 32.1 Å². The first-order chi connectivity index (χ1) is 14.4. The maximum absolute atomic E-state index is 13.2. The highest BCUT2D eigenvalue weighted by atomic mass is 35.5. The van der Waals surface area contributed by atoms with Crippen molar-refractivity contribution < 1.29 is 14.3 Å². The van der Waals surface area contributed by atoms with Crippen LogP contribution in [0.15, 0.2) is 30.3 Å². The Morgan fingerprint density at radius 3 is 2.80 bits per heavy atom. The Hall–Kier alpha value is -1.93. The van der Waals surface area contributed by atoms with Gasteiger partial charge < -0.3 is 20.3 Å². The van der Waals surface area contributed by atoms with Crippen LogP contribution < -0.4 is 10.6 Å². The van der Waals surface area contributed by atoms with Gasteiger partial charge in [-0.3, -0.25) is 9.59 Å². The zero-order chi connectivity index (χ0) is 21.3. The molecule has 0 bridgehead atoms. The average Bonchev–Trinajstić information content (AvgIpc) is 3.34. The van der Waals surface area contributed by atoms with Crippen LogP contribution in [0.5, 0.6) is 0 Å². The van der Waals surface area contributed by atoms with Crippen LogP contribution in [-0.2, 0) is 22.4 Å². The molecule has 0 spiro atoms. The first-order valence-corrected chi connectivity index (χ1v) is 11.3. The summed E-state index contributed by atoms with van der Waals surface area (Å²) in [4.78, 5) is 28.7. The lowest BCUT2D eigenvalue weighted by atomic mass is 9.96. The average molecular weight is 448 g/mol. The van der Waals surface area contributed by atoms with Crippen molar-refractivity contribution in [3.05, 3.63) is 50.7 Å². The van der Waals surface area contributed by atoms with E-state index in [2.05, 4.69) is 41.6 Å². The number of rotatable bonds is 4. The summed E-state index contributed by atoms with van der Waals surface area (Å²) in [6.45, 7) is 3.82. The minimum absolute atomic E-state index is 0.149. The molecule has 2 unspecified atom stereocenters. The number of anilines is 1. The molecule has 2 amide bonds. The summed E-state index contributed by atoms with van der Waals surface area (Å²) in [6.07, 6.45) is 2.37. The molecule has 2 aliphatic rings. The Kier molecular flexibility index (Phi) is 6.16. The molecule has 3 heterocycles. The van der Waals surface area contributed by atoms with Crippen molar-refractivity contribution in [1.82, 2.24) is 10.2 Å². The highest BCUT2D eigenvalue weighted by molar-refractivity contribution is 7.18. The number of carbonyl (C=O) groups is 2. The monoisotopic (exact) mass is 447 g/mol. The van der Waals surface area contributed by atoms with Gasteiger partial charge in [-0.15, -0.1) is 11.3 Å². The molecule has 0 radical (unpaired) electrons. The van der Waals surface area contributed by atoms with Gasteiger partial charge in [0.05, 0.1) is 15.8 Å². The van der Waals surface area contributed by atoms with E-state index in [9.17, 15) is 9.59 Å². The minimum Gasteiger partial charge on any atom is -0.378 e. The van der Waals surface area contributed by atoms with Crippen molar-refractivity contribution in [1.29, 1.82) is 0 Å². The standard InChI is InChI=1S/C22H26ClN3O3S/c1-14-11-16-12-17(4-3-15(16)7-9-26(14)2)24-21(28)22(8-10-29-13-22)25-20(27)18-5-6-19(23)30-18/h3-6,12,14H,7-11,13H2,1-2H3,(H,24,28)(H,25,27). The number of nitrogens with one attached hydrogen (secondary N) is 2. The molecule has 1 fully saturated rings. The molecule has 2 N–H and O–H groups in total. The van der Waals surface area contributed by atoms with Gasteiger partial charge in [0, 0.05) is 31.3 Å². The van der Waals surface area contributed by atoms with Crippen molar-refractivity contribution >= 4 is 40.4 Å². The smallest absolute Gasteiger partial charge is 0.262 e. The summed E-state index contributed by atoms with van der Waals surface area (Å²) >= 11 is 7.13. The number of nitrogens with zero attached hydrogens (tertiary/aromatic N) is 1. The Bertz CT molecular complexity index is 955. The van der Waals surface area contributed by atoms with Crippen molar-refractivity contribution in [2.24, 2.45) is 0 Å². The number of likely N-dealkylation sites (N-methyl/N-ethyl adjacent to an activating group) is 1. The lowest BCUT2D eigenvalue weighted by Gasteiger charge is -2.27. The largest absolute Gasteiger partial charge is 0.378 e. The number of benzene rings is 1. The Labute approximate surface area is 185 Å². The first-order valence-electron chi connectivity index (χ1n) is 10.2. The predicted octanol–water partition coefficient (Wildman–Crippen LogP) is 3.35. The number of amides is 2. The molecule has 0 aliphatic carbocycles. The molecule has 1 saturated heterocycles. The summed E-state index contributed by atoms with van der Waals surface area (Å²) in [5.41, 5.74) is 2.24. The maximum Gasteiger partial charge on any atom is 0.262 e. The van der Waals surface area contributed by atoms with Gasteiger partial charge in [-0.1, -0.05) is 17.7 Å². The third-order valence-electron chi connectivity index (χ3n) is 6.07. The third kappa shape index (κ3) is 4.39. The van der Waals surface area contributed by atoms with E-state index in [0.29, 0.717) is 28.3 Å². The van der Waals surface area contributed by atoms with Crippen LogP contribution in [-0.4, -0.2) is 55.1 Å². The highest BCUT2D eigenvalue weighted by Crippen LogP contribution is 2.27. The quantitative estimate of drug-likeness (QED) is 0.754. The van der Waals surface area contributed by atoms with E-state index >= 15 is 0 Å². The summed E-state index contributed by atoms with van der Waals surface area (Å²) in [5.74, 6) is -0.568. The van der Waals surface area contributed by atoms with E-state index in [-0.39, 0.29) is 18.4 Å². The van der Waals surface area contributed by atoms with Gasteiger partial charge >= 0.3 is 0 Å². The number of fused-ring (bicyclic) bond motifs is 1. The summed E-state index contributed by atoms with van der Waals surface area (Å²) in [6, 6.07) is 9.89. The van der Waals surface area contributed by atoms with Crippen molar-refractivity contribution in [2.45, 2.75) is 37.8 Å². The van der Waals surface area contributed by atoms with Crippen LogP contribution >= 0.6 is 22.9 Å². The van der Waals surface area contributed by atoms with Crippen LogP contribution in [0.4, 0.5) is 5.69 Å². The van der Waals surface area contributed by atoms with Crippen LogP contribution in [0.2, 0.25) is 4.34 Å². The normalized spacial score (nSPS) is 24.2. The molecule has 30 heavy (non-hydrogen) atoms. The minimum atomic E-state index is -1.09. The lowest BCUT2D eigenvalue weighted by Crippen LogP contribution is -2.57.